The Hall–Kier alpha value is -0.240. The van der Waals surface area contributed by atoms with Gasteiger partial charge in [-0.1, -0.05) is 13.8 Å². The summed E-state index contributed by atoms with van der Waals surface area (Å²) in [5.41, 5.74) is 0. The number of aliphatic hydroxyl groups is 4. The molecule has 0 aliphatic carbocycles. The molecule has 0 aromatic carbocycles. The molecular weight excluding hydrogens is 204 g/mol. The van der Waals surface area contributed by atoms with Crippen LogP contribution < -0.4 is 0 Å². The van der Waals surface area contributed by atoms with E-state index >= 15 is 0 Å². The van der Waals surface area contributed by atoms with Gasteiger partial charge in [-0.05, 0) is 0 Å². The smallest absolute Gasteiger partial charge is 0.186 e. The Bertz CT molecular complexity index is 145. The first-order valence-corrected chi connectivity index (χ1v) is 4.95. The zero-order valence-corrected chi connectivity index (χ0v) is 9.20. The minimum absolute atomic E-state index is 0.440. The van der Waals surface area contributed by atoms with E-state index in [1.807, 2.05) is 13.8 Å². The van der Waals surface area contributed by atoms with Crippen LogP contribution in [0.25, 0.3) is 0 Å². The highest BCUT2D eigenvalue weighted by molar-refractivity contribution is 4.88. The number of rotatable bonds is 2. The summed E-state index contributed by atoms with van der Waals surface area (Å²) in [6.45, 7) is 3.56. The molecule has 5 atom stereocenters. The molecule has 1 fully saturated rings. The highest BCUT2D eigenvalue weighted by Gasteiger charge is 2.43. The van der Waals surface area contributed by atoms with E-state index in [0.29, 0.717) is 0 Å². The van der Waals surface area contributed by atoms with Crippen molar-refractivity contribution >= 4 is 0 Å². The van der Waals surface area contributed by atoms with Gasteiger partial charge in [0, 0.05) is 7.11 Å². The molecular formula is C9H20O6. The van der Waals surface area contributed by atoms with E-state index in [-0.39, 0.29) is 0 Å². The largest absolute Gasteiger partial charge is 0.394 e. The SMILES string of the molecule is CC.COC1OC(CO)C(O)C(O)C1O. The fourth-order valence-corrected chi connectivity index (χ4v) is 1.26. The van der Waals surface area contributed by atoms with Crippen LogP contribution in [0.4, 0.5) is 0 Å². The van der Waals surface area contributed by atoms with E-state index in [4.69, 9.17) is 14.6 Å². The maximum Gasteiger partial charge on any atom is 0.186 e. The maximum absolute atomic E-state index is 9.28. The molecule has 6 heteroatoms. The fraction of sp³-hybridized carbons (Fsp3) is 1.00. The van der Waals surface area contributed by atoms with Crippen molar-refractivity contribution in [3.63, 3.8) is 0 Å². The molecule has 0 aromatic rings. The summed E-state index contributed by atoms with van der Waals surface area (Å²) in [4.78, 5) is 0. The van der Waals surface area contributed by atoms with Crippen molar-refractivity contribution in [2.45, 2.75) is 44.6 Å². The Morgan fingerprint density at radius 3 is 2.00 bits per heavy atom. The third kappa shape index (κ3) is 3.37. The first-order chi connectivity index (χ1) is 7.11. The van der Waals surface area contributed by atoms with Gasteiger partial charge >= 0.3 is 0 Å². The van der Waals surface area contributed by atoms with Crippen LogP contribution in [-0.2, 0) is 9.47 Å². The Kier molecular flexibility index (Phi) is 6.99. The number of methoxy groups -OCH3 is 1. The standard InChI is InChI=1S/C7H14O6.C2H6/c1-12-7-6(11)5(10)4(9)3(2-8)13-7;1-2/h3-11H,2H2,1H3;1-2H3. The average Bonchev–Trinajstić information content (AvgIpc) is 2.29. The monoisotopic (exact) mass is 224 g/mol. The molecule has 6 nitrogen and oxygen atoms in total. The number of hydrogen-bond donors (Lipinski definition) is 4. The van der Waals surface area contributed by atoms with Gasteiger partial charge in [-0.25, -0.2) is 0 Å². The number of ether oxygens (including phenoxy) is 2. The zero-order valence-electron chi connectivity index (χ0n) is 9.20. The molecule has 0 bridgehead atoms. The van der Waals surface area contributed by atoms with Crippen molar-refractivity contribution in [2.75, 3.05) is 13.7 Å². The van der Waals surface area contributed by atoms with Crippen molar-refractivity contribution in [1.29, 1.82) is 0 Å². The van der Waals surface area contributed by atoms with Crippen LogP contribution in [-0.4, -0.2) is 64.8 Å². The topological polar surface area (TPSA) is 99.4 Å². The highest BCUT2D eigenvalue weighted by Crippen LogP contribution is 2.20. The highest BCUT2D eigenvalue weighted by atomic mass is 16.7. The molecule has 4 N–H and O–H groups in total. The van der Waals surface area contributed by atoms with E-state index in [9.17, 15) is 15.3 Å². The van der Waals surface area contributed by atoms with Crippen molar-refractivity contribution in [2.24, 2.45) is 0 Å². The average molecular weight is 224 g/mol. The molecule has 0 spiro atoms. The van der Waals surface area contributed by atoms with E-state index in [0.717, 1.165) is 0 Å². The predicted molar refractivity (Wildman–Crippen MR) is 52.1 cm³/mol. The van der Waals surface area contributed by atoms with Gasteiger partial charge in [-0.2, -0.15) is 0 Å². The molecule has 0 radical (unpaired) electrons. The quantitative estimate of drug-likeness (QED) is 0.453. The fourth-order valence-electron chi connectivity index (χ4n) is 1.26. The van der Waals surface area contributed by atoms with Gasteiger partial charge < -0.3 is 29.9 Å². The summed E-state index contributed by atoms with van der Waals surface area (Å²) in [5.74, 6) is 0. The lowest BCUT2D eigenvalue weighted by Crippen LogP contribution is -2.58. The Morgan fingerprint density at radius 2 is 1.60 bits per heavy atom. The third-order valence-electron chi connectivity index (χ3n) is 2.08. The van der Waals surface area contributed by atoms with Crippen molar-refractivity contribution < 1.29 is 29.9 Å². The lowest BCUT2D eigenvalue weighted by Gasteiger charge is -2.38. The van der Waals surface area contributed by atoms with Crippen LogP contribution in [0, 0.1) is 0 Å². The summed E-state index contributed by atoms with van der Waals surface area (Å²) in [6, 6.07) is 0. The Balaban J connectivity index is 0.000000921. The Morgan fingerprint density at radius 1 is 1.07 bits per heavy atom. The molecule has 15 heavy (non-hydrogen) atoms. The molecule has 0 saturated carbocycles. The second-order valence-electron chi connectivity index (χ2n) is 2.93. The van der Waals surface area contributed by atoms with Gasteiger partial charge in [0.25, 0.3) is 0 Å². The molecule has 0 amide bonds. The molecule has 1 heterocycles. The lowest BCUT2D eigenvalue weighted by atomic mass is 9.99. The first-order valence-electron chi connectivity index (χ1n) is 4.95. The number of aliphatic hydroxyl groups excluding tert-OH is 4. The lowest BCUT2D eigenvalue weighted by molar-refractivity contribution is -0.294. The maximum atomic E-state index is 9.28. The normalized spacial score (nSPS) is 40.6. The van der Waals surface area contributed by atoms with E-state index < -0.39 is 37.3 Å². The minimum Gasteiger partial charge on any atom is -0.394 e. The van der Waals surface area contributed by atoms with Crippen LogP contribution in [0.3, 0.4) is 0 Å². The Labute approximate surface area is 89.1 Å². The number of hydrogen-bond acceptors (Lipinski definition) is 6. The zero-order chi connectivity index (χ0) is 12.0. The van der Waals surface area contributed by atoms with Gasteiger partial charge in [-0.15, -0.1) is 0 Å². The van der Waals surface area contributed by atoms with Crippen LogP contribution in [0.15, 0.2) is 0 Å². The van der Waals surface area contributed by atoms with Crippen molar-refractivity contribution in [3.05, 3.63) is 0 Å². The van der Waals surface area contributed by atoms with Crippen LogP contribution in [0.5, 0.6) is 0 Å². The van der Waals surface area contributed by atoms with Crippen LogP contribution in [0.1, 0.15) is 13.8 Å². The molecule has 1 aliphatic rings. The molecule has 92 valence electrons. The molecule has 1 aliphatic heterocycles. The van der Waals surface area contributed by atoms with Crippen molar-refractivity contribution in [3.8, 4) is 0 Å². The summed E-state index contributed by atoms with van der Waals surface area (Å²) in [7, 11) is 1.30. The van der Waals surface area contributed by atoms with Crippen LogP contribution >= 0.6 is 0 Å². The molecule has 0 aromatic heterocycles. The summed E-state index contributed by atoms with van der Waals surface area (Å²) >= 11 is 0. The summed E-state index contributed by atoms with van der Waals surface area (Å²) in [5, 5.41) is 36.6. The second kappa shape index (κ2) is 7.10. The first kappa shape index (κ1) is 14.8. The third-order valence-corrected chi connectivity index (χ3v) is 2.08. The molecule has 1 rings (SSSR count). The van der Waals surface area contributed by atoms with E-state index in [1.54, 1.807) is 0 Å². The van der Waals surface area contributed by atoms with Crippen molar-refractivity contribution in [1.82, 2.24) is 0 Å². The van der Waals surface area contributed by atoms with Gasteiger partial charge in [0.1, 0.15) is 24.4 Å². The van der Waals surface area contributed by atoms with E-state index in [2.05, 4.69) is 0 Å². The summed E-state index contributed by atoms with van der Waals surface area (Å²) < 4.78 is 9.65. The predicted octanol–water partition coefficient (Wildman–Crippen LogP) is -1.54. The second-order valence-corrected chi connectivity index (χ2v) is 2.93. The molecule has 5 unspecified atom stereocenters. The van der Waals surface area contributed by atoms with Crippen LogP contribution in [0.2, 0.25) is 0 Å². The molecule has 1 saturated heterocycles. The minimum atomic E-state index is -1.36. The van der Waals surface area contributed by atoms with Gasteiger partial charge in [0.15, 0.2) is 6.29 Å². The van der Waals surface area contributed by atoms with Gasteiger partial charge in [-0.3, -0.25) is 0 Å². The van der Waals surface area contributed by atoms with E-state index in [1.165, 1.54) is 7.11 Å². The summed E-state index contributed by atoms with van der Waals surface area (Å²) in [6.07, 6.45) is -5.91. The van der Waals surface area contributed by atoms with Gasteiger partial charge in [0.05, 0.1) is 6.61 Å². The van der Waals surface area contributed by atoms with Gasteiger partial charge in [0.2, 0.25) is 0 Å².